The van der Waals surface area contributed by atoms with Gasteiger partial charge in [0, 0.05) is 6.42 Å². The molecule has 0 spiro atoms. The molecule has 0 atom stereocenters. The Hall–Kier alpha value is -1.65. The van der Waals surface area contributed by atoms with E-state index in [1.165, 1.54) is 0 Å². The van der Waals surface area contributed by atoms with Gasteiger partial charge in [0.25, 0.3) is 0 Å². The maximum Gasteiger partial charge on any atom is 0.232 e. The fourth-order valence-corrected chi connectivity index (χ4v) is 3.02. The Labute approximate surface area is 162 Å². The van der Waals surface area contributed by atoms with E-state index in [0.717, 1.165) is 22.2 Å². The molecule has 2 aromatic carbocycles. The summed E-state index contributed by atoms with van der Waals surface area (Å²) in [4.78, 5) is 12.7. The molecule has 2 rings (SSSR count). The van der Waals surface area contributed by atoms with Gasteiger partial charge in [-0.05, 0) is 25.0 Å². The molecule has 136 valence electrons. The molecule has 0 saturated carbocycles. The molecule has 3 nitrogen and oxygen atoms in total. The third-order valence-corrected chi connectivity index (χ3v) is 5.41. The Bertz CT molecular complexity index is 629. The van der Waals surface area contributed by atoms with Crippen molar-refractivity contribution in [3.05, 3.63) is 71.8 Å². The minimum Gasteiger partial charge on any atom is -1.00 e. The number of carbonyl (C=O) groups excluding carboxylic acids is 1. The number of hydrogen-bond donors (Lipinski definition) is 1. The largest absolute Gasteiger partial charge is 1.00 e. The van der Waals surface area contributed by atoms with Gasteiger partial charge in [-0.25, -0.2) is 0 Å². The zero-order chi connectivity index (χ0) is 17.8. The summed E-state index contributed by atoms with van der Waals surface area (Å²) in [5.41, 5.74) is 7.13. The maximum absolute atomic E-state index is 12.7. The van der Waals surface area contributed by atoms with Gasteiger partial charge in [0.05, 0.1) is 26.7 Å². The van der Waals surface area contributed by atoms with Crippen LogP contribution >= 0.6 is 0 Å². The summed E-state index contributed by atoms with van der Waals surface area (Å²) in [6, 6.07) is 20.3. The molecule has 0 aliphatic heterocycles. The Morgan fingerprint density at radius 3 is 1.68 bits per heavy atom. The van der Waals surface area contributed by atoms with E-state index in [4.69, 9.17) is 5.73 Å². The van der Waals surface area contributed by atoms with Crippen LogP contribution in [0.25, 0.3) is 0 Å². The third-order valence-electron chi connectivity index (χ3n) is 5.41. The Kier molecular flexibility index (Phi) is 7.39. The molecular weight excluding hydrogens is 376 g/mol. The second-order valence-electron chi connectivity index (χ2n) is 7.35. The summed E-state index contributed by atoms with van der Waals surface area (Å²) < 4.78 is 0.842. The van der Waals surface area contributed by atoms with Gasteiger partial charge < -0.3 is 27.2 Å². The van der Waals surface area contributed by atoms with Gasteiger partial charge in [0.2, 0.25) is 5.91 Å². The van der Waals surface area contributed by atoms with Crippen LogP contribution in [0.4, 0.5) is 0 Å². The van der Waals surface area contributed by atoms with Crippen molar-refractivity contribution < 1.29 is 26.3 Å². The van der Waals surface area contributed by atoms with E-state index >= 15 is 0 Å². The van der Waals surface area contributed by atoms with Crippen LogP contribution in [-0.2, 0) is 10.2 Å². The molecule has 0 aliphatic carbocycles. The molecule has 0 aromatic heterocycles. The molecule has 0 radical (unpaired) electrons. The Balaban J connectivity index is 0.00000312. The van der Waals surface area contributed by atoms with E-state index in [2.05, 4.69) is 27.9 Å². The van der Waals surface area contributed by atoms with Gasteiger partial charge in [-0.2, -0.15) is 0 Å². The number of rotatable bonds is 7. The first-order chi connectivity index (χ1) is 11.3. The van der Waals surface area contributed by atoms with Crippen molar-refractivity contribution >= 4 is 5.91 Å². The number of amides is 1. The van der Waals surface area contributed by atoms with Crippen molar-refractivity contribution in [1.29, 1.82) is 0 Å². The van der Waals surface area contributed by atoms with Gasteiger partial charge in [-0.15, -0.1) is 0 Å². The highest BCUT2D eigenvalue weighted by atomic mass is 79.9. The molecule has 0 fully saturated rings. The molecule has 0 unspecified atom stereocenters. The van der Waals surface area contributed by atoms with E-state index in [1.54, 1.807) is 0 Å². The lowest BCUT2D eigenvalue weighted by molar-refractivity contribution is -0.911. The standard InChI is InChI=1S/C21H28N2O.BrH/c1-17(2)23(3,4)16-15-21(20(22)24,18-11-7-5-8-12-18)19-13-9-6-10-14-19;/h5-14,17H,15-16H2,1-4H3,(H-,22,24);1H. The van der Waals surface area contributed by atoms with E-state index < -0.39 is 5.41 Å². The molecule has 4 heteroatoms. The Morgan fingerprint density at radius 2 is 1.36 bits per heavy atom. The predicted molar refractivity (Wildman–Crippen MR) is 99.6 cm³/mol. The number of quaternary nitrogens is 1. The first-order valence-electron chi connectivity index (χ1n) is 8.54. The molecule has 0 bridgehead atoms. The topological polar surface area (TPSA) is 43.1 Å². The van der Waals surface area contributed by atoms with Crippen LogP contribution in [0.1, 0.15) is 31.4 Å². The molecule has 1 amide bonds. The lowest BCUT2D eigenvalue weighted by Crippen LogP contribution is -3.00. The molecule has 25 heavy (non-hydrogen) atoms. The number of benzene rings is 2. The highest BCUT2D eigenvalue weighted by Gasteiger charge is 2.42. The lowest BCUT2D eigenvalue weighted by atomic mass is 9.71. The lowest BCUT2D eigenvalue weighted by Gasteiger charge is -2.39. The Morgan fingerprint density at radius 1 is 0.960 bits per heavy atom. The second-order valence-corrected chi connectivity index (χ2v) is 7.35. The highest BCUT2D eigenvalue weighted by Crippen LogP contribution is 2.36. The van der Waals surface area contributed by atoms with Crippen molar-refractivity contribution in [2.24, 2.45) is 5.73 Å². The number of nitrogens with zero attached hydrogens (tertiary/aromatic N) is 1. The molecule has 0 aliphatic rings. The fraction of sp³-hybridized carbons (Fsp3) is 0.381. The zero-order valence-electron chi connectivity index (χ0n) is 15.6. The maximum atomic E-state index is 12.7. The fourth-order valence-electron chi connectivity index (χ4n) is 3.02. The van der Waals surface area contributed by atoms with Crippen LogP contribution in [0, 0.1) is 0 Å². The summed E-state index contributed by atoms with van der Waals surface area (Å²) in [6.07, 6.45) is 0.682. The van der Waals surface area contributed by atoms with Crippen LogP contribution < -0.4 is 22.7 Å². The average molecular weight is 405 g/mol. The first kappa shape index (κ1) is 21.4. The summed E-state index contributed by atoms with van der Waals surface area (Å²) in [5.74, 6) is -0.288. The molecule has 0 saturated heterocycles. The number of hydrogen-bond acceptors (Lipinski definition) is 1. The number of nitrogens with two attached hydrogens (primary N) is 1. The van der Waals surface area contributed by atoms with Crippen LogP contribution in [-0.4, -0.2) is 37.1 Å². The summed E-state index contributed by atoms with van der Waals surface area (Å²) in [6.45, 7) is 5.28. The highest BCUT2D eigenvalue weighted by molar-refractivity contribution is 5.90. The van der Waals surface area contributed by atoms with E-state index in [9.17, 15) is 4.79 Å². The van der Waals surface area contributed by atoms with Gasteiger partial charge in [-0.3, -0.25) is 4.79 Å². The summed E-state index contributed by atoms with van der Waals surface area (Å²) >= 11 is 0. The minimum atomic E-state index is -0.799. The van der Waals surface area contributed by atoms with Crippen LogP contribution in [0.3, 0.4) is 0 Å². The van der Waals surface area contributed by atoms with E-state index in [0.29, 0.717) is 12.5 Å². The van der Waals surface area contributed by atoms with Crippen LogP contribution in [0.2, 0.25) is 0 Å². The minimum absolute atomic E-state index is 0. The quantitative estimate of drug-likeness (QED) is 0.664. The van der Waals surface area contributed by atoms with Crippen molar-refractivity contribution in [2.75, 3.05) is 20.6 Å². The third kappa shape index (κ3) is 4.50. The predicted octanol–water partition coefficient (Wildman–Crippen LogP) is 0.337. The van der Waals surface area contributed by atoms with Gasteiger partial charge in [-0.1, -0.05) is 60.7 Å². The van der Waals surface area contributed by atoms with Crippen molar-refractivity contribution in [2.45, 2.75) is 31.7 Å². The number of carbonyl (C=O) groups is 1. The monoisotopic (exact) mass is 404 g/mol. The van der Waals surface area contributed by atoms with Gasteiger partial charge in [0.15, 0.2) is 0 Å². The zero-order valence-corrected chi connectivity index (χ0v) is 17.2. The summed E-state index contributed by atoms with van der Waals surface area (Å²) in [5, 5.41) is 0. The normalized spacial score (nSPS) is 11.9. The van der Waals surface area contributed by atoms with Gasteiger partial charge >= 0.3 is 0 Å². The van der Waals surface area contributed by atoms with E-state index in [-0.39, 0.29) is 22.9 Å². The molecule has 0 heterocycles. The molecule has 2 aromatic rings. The van der Waals surface area contributed by atoms with Crippen LogP contribution in [0.5, 0.6) is 0 Å². The number of primary amides is 1. The van der Waals surface area contributed by atoms with E-state index in [1.807, 2.05) is 60.7 Å². The smallest absolute Gasteiger partial charge is 0.232 e. The van der Waals surface area contributed by atoms with Crippen molar-refractivity contribution in [3.8, 4) is 0 Å². The second kappa shape index (κ2) is 8.63. The molecular formula is C21H29BrN2O. The number of halogens is 1. The summed E-state index contributed by atoms with van der Waals surface area (Å²) in [7, 11) is 4.40. The van der Waals surface area contributed by atoms with Crippen molar-refractivity contribution in [1.82, 2.24) is 0 Å². The van der Waals surface area contributed by atoms with Crippen LogP contribution in [0.15, 0.2) is 60.7 Å². The van der Waals surface area contributed by atoms with Gasteiger partial charge in [0.1, 0.15) is 5.41 Å². The van der Waals surface area contributed by atoms with Crippen molar-refractivity contribution in [3.63, 3.8) is 0 Å². The SMILES string of the molecule is CC(C)[N+](C)(C)CCC(C(N)=O)(c1ccccc1)c1ccccc1.[Br-]. The first-order valence-corrected chi connectivity index (χ1v) is 8.54. The molecule has 2 N–H and O–H groups in total. The average Bonchev–Trinajstić information content (AvgIpc) is 2.57.